The minimum Gasteiger partial charge on any atom is -0.489 e. The molecule has 0 unspecified atom stereocenters. The zero-order chi connectivity index (χ0) is 17.4. The lowest BCUT2D eigenvalue weighted by atomic mass is 10.3. The van der Waals surface area contributed by atoms with Crippen LogP contribution in [0.5, 0.6) is 5.75 Å². The monoisotopic (exact) mass is 361 g/mol. The Kier molecular flexibility index (Phi) is 8.52. The summed E-state index contributed by atoms with van der Waals surface area (Å²) in [7, 11) is 3.93. The first-order valence-corrected chi connectivity index (χ1v) is 8.34. The number of halogens is 2. The molecule has 5 nitrogen and oxygen atoms in total. The fraction of sp³-hybridized carbons (Fsp3) is 0.562. The zero-order valence-corrected chi connectivity index (χ0v) is 15.6. The highest BCUT2D eigenvalue weighted by Crippen LogP contribution is 2.32. The van der Waals surface area contributed by atoms with Crippen LogP contribution in [-0.4, -0.2) is 62.2 Å². The smallest absolute Gasteiger partial charge is 0.317 e. The second-order valence-electron chi connectivity index (χ2n) is 5.72. The van der Waals surface area contributed by atoms with Crippen molar-refractivity contribution in [3.05, 3.63) is 28.2 Å². The Morgan fingerprint density at radius 2 is 1.83 bits per heavy atom. The predicted molar refractivity (Wildman–Crippen MR) is 95.8 cm³/mol. The molecule has 0 heterocycles. The molecule has 0 fully saturated rings. The molecule has 0 saturated heterocycles. The van der Waals surface area contributed by atoms with Gasteiger partial charge in [0.1, 0.15) is 6.61 Å². The van der Waals surface area contributed by atoms with Gasteiger partial charge >= 0.3 is 6.03 Å². The Bertz CT molecular complexity index is 490. The van der Waals surface area contributed by atoms with Crippen LogP contribution in [0, 0.1) is 0 Å². The van der Waals surface area contributed by atoms with Crippen LogP contribution in [0.25, 0.3) is 0 Å². The summed E-state index contributed by atoms with van der Waals surface area (Å²) >= 11 is 12.1. The molecule has 1 rings (SSSR count). The summed E-state index contributed by atoms with van der Waals surface area (Å²) in [5.74, 6) is 0.451. The number of nitrogens with zero attached hydrogens (tertiary/aromatic N) is 2. The molecular formula is C16H25Cl2N3O2. The van der Waals surface area contributed by atoms with Gasteiger partial charge in [0.25, 0.3) is 0 Å². The van der Waals surface area contributed by atoms with Gasteiger partial charge in [0.15, 0.2) is 5.75 Å². The van der Waals surface area contributed by atoms with E-state index in [9.17, 15) is 4.79 Å². The van der Waals surface area contributed by atoms with Crippen LogP contribution in [0.1, 0.15) is 13.8 Å². The standard InChI is InChI=1S/C16H25Cl2N3O2/c1-12(2)21(16(22)19-8-9-20(3)4)10-11-23-15-13(17)6-5-7-14(15)18/h5-7,12H,8-11H2,1-4H3,(H,19,22). The van der Waals surface area contributed by atoms with Crippen LogP contribution in [0.2, 0.25) is 10.0 Å². The minimum absolute atomic E-state index is 0.0691. The average Bonchev–Trinajstić information content (AvgIpc) is 2.45. The van der Waals surface area contributed by atoms with E-state index in [1.807, 2.05) is 32.8 Å². The average molecular weight is 362 g/mol. The summed E-state index contributed by atoms with van der Waals surface area (Å²) in [4.78, 5) is 16.0. The molecular weight excluding hydrogens is 337 g/mol. The fourth-order valence-electron chi connectivity index (χ4n) is 1.95. The van der Waals surface area contributed by atoms with Crippen LogP contribution in [0.4, 0.5) is 4.79 Å². The Balaban J connectivity index is 2.52. The van der Waals surface area contributed by atoms with Crippen LogP contribution >= 0.6 is 23.2 Å². The zero-order valence-electron chi connectivity index (χ0n) is 14.1. The number of nitrogens with one attached hydrogen (secondary N) is 1. The van der Waals surface area contributed by atoms with Gasteiger partial charge < -0.3 is 19.9 Å². The molecule has 0 aliphatic carbocycles. The number of carbonyl (C=O) groups excluding carboxylic acids is 1. The lowest BCUT2D eigenvalue weighted by Crippen LogP contribution is -2.47. The predicted octanol–water partition coefficient (Wildman–Crippen LogP) is 3.35. The van der Waals surface area contributed by atoms with Crippen LogP contribution < -0.4 is 10.1 Å². The Hall–Kier alpha value is -1.17. The summed E-state index contributed by atoms with van der Waals surface area (Å²) in [6.45, 7) is 6.10. The van der Waals surface area contributed by atoms with Crippen molar-refractivity contribution in [1.29, 1.82) is 0 Å². The molecule has 0 aliphatic heterocycles. The molecule has 0 atom stereocenters. The van der Waals surface area contributed by atoms with E-state index < -0.39 is 0 Å². The Morgan fingerprint density at radius 3 is 2.35 bits per heavy atom. The van der Waals surface area contributed by atoms with E-state index >= 15 is 0 Å². The maximum absolute atomic E-state index is 12.2. The summed E-state index contributed by atoms with van der Waals surface area (Å²) in [5.41, 5.74) is 0. The normalized spacial score (nSPS) is 11.0. The van der Waals surface area contributed by atoms with Gasteiger partial charge in [-0.2, -0.15) is 0 Å². The molecule has 0 aliphatic rings. The van der Waals surface area contributed by atoms with Crippen molar-refractivity contribution in [2.24, 2.45) is 0 Å². The van der Waals surface area contributed by atoms with Crippen molar-refractivity contribution < 1.29 is 9.53 Å². The number of urea groups is 1. The largest absolute Gasteiger partial charge is 0.489 e. The van der Waals surface area contributed by atoms with E-state index in [0.29, 0.717) is 35.5 Å². The molecule has 0 saturated carbocycles. The molecule has 7 heteroatoms. The second-order valence-corrected chi connectivity index (χ2v) is 6.54. The third-order valence-electron chi connectivity index (χ3n) is 3.22. The highest BCUT2D eigenvalue weighted by molar-refractivity contribution is 6.37. The van der Waals surface area contributed by atoms with Crippen molar-refractivity contribution in [3.63, 3.8) is 0 Å². The molecule has 23 heavy (non-hydrogen) atoms. The number of hydrogen-bond donors (Lipinski definition) is 1. The van der Waals surface area contributed by atoms with E-state index in [2.05, 4.69) is 5.32 Å². The number of para-hydroxylation sites is 1. The molecule has 0 aromatic heterocycles. The van der Waals surface area contributed by atoms with Gasteiger partial charge in [-0.1, -0.05) is 29.3 Å². The number of amides is 2. The summed E-state index contributed by atoms with van der Waals surface area (Å²) in [6, 6.07) is 5.17. The molecule has 2 amide bonds. The van der Waals surface area contributed by atoms with Crippen molar-refractivity contribution in [2.75, 3.05) is 40.3 Å². The number of rotatable bonds is 8. The van der Waals surface area contributed by atoms with Gasteiger partial charge in [-0.3, -0.25) is 0 Å². The van der Waals surface area contributed by atoms with E-state index in [4.69, 9.17) is 27.9 Å². The number of hydrogen-bond acceptors (Lipinski definition) is 3. The van der Waals surface area contributed by atoms with Crippen molar-refractivity contribution in [2.45, 2.75) is 19.9 Å². The van der Waals surface area contributed by atoms with Gasteiger partial charge in [0.2, 0.25) is 0 Å². The van der Waals surface area contributed by atoms with E-state index in [1.165, 1.54) is 0 Å². The molecule has 1 aromatic carbocycles. The van der Waals surface area contributed by atoms with Gasteiger partial charge in [-0.25, -0.2) is 4.79 Å². The molecule has 0 bridgehead atoms. The summed E-state index contributed by atoms with van der Waals surface area (Å²) < 4.78 is 5.65. The molecule has 1 N–H and O–H groups in total. The van der Waals surface area contributed by atoms with Gasteiger partial charge in [0, 0.05) is 19.1 Å². The van der Waals surface area contributed by atoms with Crippen LogP contribution in [-0.2, 0) is 0 Å². The van der Waals surface area contributed by atoms with Gasteiger partial charge in [0.05, 0.1) is 16.6 Å². The highest BCUT2D eigenvalue weighted by Gasteiger charge is 2.17. The maximum Gasteiger partial charge on any atom is 0.317 e. The van der Waals surface area contributed by atoms with E-state index in [0.717, 1.165) is 6.54 Å². The van der Waals surface area contributed by atoms with Crippen LogP contribution in [0.15, 0.2) is 18.2 Å². The Labute approximate surface area is 148 Å². The highest BCUT2D eigenvalue weighted by atomic mass is 35.5. The molecule has 130 valence electrons. The first-order chi connectivity index (χ1) is 10.8. The fourth-order valence-corrected chi connectivity index (χ4v) is 2.46. The summed E-state index contributed by atoms with van der Waals surface area (Å²) in [6.07, 6.45) is 0. The van der Waals surface area contributed by atoms with Gasteiger partial charge in [-0.05, 0) is 40.1 Å². The first kappa shape index (κ1) is 19.9. The first-order valence-electron chi connectivity index (χ1n) is 7.59. The van der Waals surface area contributed by atoms with E-state index in [1.54, 1.807) is 23.1 Å². The number of ether oxygens (including phenoxy) is 1. The molecule has 0 radical (unpaired) electrons. The third-order valence-corrected chi connectivity index (χ3v) is 3.81. The lowest BCUT2D eigenvalue weighted by Gasteiger charge is -2.27. The number of carbonyl (C=O) groups is 1. The van der Waals surface area contributed by atoms with Crippen LogP contribution in [0.3, 0.4) is 0 Å². The molecule has 1 aromatic rings. The maximum atomic E-state index is 12.2. The quantitative estimate of drug-likeness (QED) is 0.771. The van der Waals surface area contributed by atoms with E-state index in [-0.39, 0.29) is 12.1 Å². The topological polar surface area (TPSA) is 44.8 Å². The SMILES string of the molecule is CC(C)N(CCOc1c(Cl)cccc1Cl)C(=O)NCCN(C)C. The summed E-state index contributed by atoms with van der Waals surface area (Å²) in [5, 5.41) is 3.83. The minimum atomic E-state index is -0.101. The number of likely N-dealkylation sites (N-methyl/N-ethyl adjacent to an activating group) is 1. The van der Waals surface area contributed by atoms with Crippen molar-refractivity contribution >= 4 is 29.2 Å². The van der Waals surface area contributed by atoms with Crippen molar-refractivity contribution in [1.82, 2.24) is 15.1 Å². The Morgan fingerprint density at radius 1 is 1.22 bits per heavy atom. The third kappa shape index (κ3) is 6.85. The lowest BCUT2D eigenvalue weighted by molar-refractivity contribution is 0.165. The molecule has 0 spiro atoms. The number of benzene rings is 1. The van der Waals surface area contributed by atoms with Gasteiger partial charge in [-0.15, -0.1) is 0 Å². The second kappa shape index (κ2) is 9.85. The van der Waals surface area contributed by atoms with Crippen molar-refractivity contribution in [3.8, 4) is 5.75 Å².